The molecule has 0 unspecified atom stereocenters. The maximum Gasteiger partial charge on any atom is 0.355 e. The quantitative estimate of drug-likeness (QED) is 0.742. The van der Waals surface area contributed by atoms with E-state index in [2.05, 4.69) is 17.2 Å². The van der Waals surface area contributed by atoms with Gasteiger partial charge in [0.25, 0.3) is 5.91 Å². The number of carbonyl (C=O) groups excluding carboxylic acids is 3. The highest BCUT2D eigenvalue weighted by Crippen LogP contribution is 2.24. The van der Waals surface area contributed by atoms with Crippen molar-refractivity contribution < 1.29 is 23.9 Å². The summed E-state index contributed by atoms with van der Waals surface area (Å²) >= 11 is 0. The molecule has 1 aromatic rings. The van der Waals surface area contributed by atoms with Crippen molar-refractivity contribution in [2.45, 2.75) is 72.4 Å². The maximum atomic E-state index is 12.4. The van der Waals surface area contributed by atoms with Crippen molar-refractivity contribution in [1.82, 2.24) is 10.3 Å². The van der Waals surface area contributed by atoms with Crippen LogP contribution in [0.4, 0.5) is 0 Å². The molecule has 1 amide bonds. The lowest BCUT2D eigenvalue weighted by atomic mass is 9.86. The van der Waals surface area contributed by atoms with Crippen LogP contribution in [0.5, 0.6) is 0 Å². The minimum atomic E-state index is -0.661. The Morgan fingerprint density at radius 3 is 2.44 bits per heavy atom. The van der Waals surface area contributed by atoms with E-state index in [1.165, 1.54) is 6.42 Å². The second kappa shape index (κ2) is 9.06. The number of aromatic amines is 1. The Bertz CT molecular complexity index is 707. The molecule has 0 spiro atoms. The first kappa shape index (κ1) is 21.0. The van der Waals surface area contributed by atoms with E-state index >= 15 is 0 Å². The van der Waals surface area contributed by atoms with E-state index in [0.717, 1.165) is 19.3 Å². The number of aryl methyl sites for hydroxylation is 1. The SMILES string of the molecule is Cc1[nH]c(C(=O)OCC(=O)N[C@@H]2CCCC[C@@H]2C)c(C)c1C(=O)OC(C)C. The topological polar surface area (TPSA) is 97.5 Å². The van der Waals surface area contributed by atoms with Crippen LogP contribution in [0.1, 0.15) is 78.6 Å². The van der Waals surface area contributed by atoms with Gasteiger partial charge in [-0.05, 0) is 52.0 Å². The monoisotopic (exact) mass is 378 g/mol. The van der Waals surface area contributed by atoms with Gasteiger partial charge in [0.1, 0.15) is 5.69 Å². The number of amides is 1. The van der Waals surface area contributed by atoms with Crippen LogP contribution >= 0.6 is 0 Å². The van der Waals surface area contributed by atoms with Crippen LogP contribution in [0.15, 0.2) is 0 Å². The zero-order valence-corrected chi connectivity index (χ0v) is 16.8. The van der Waals surface area contributed by atoms with Crippen molar-refractivity contribution in [3.05, 3.63) is 22.5 Å². The first-order valence-corrected chi connectivity index (χ1v) is 9.57. The highest BCUT2D eigenvalue weighted by atomic mass is 16.5. The third-order valence-electron chi connectivity index (χ3n) is 4.98. The molecule has 1 fully saturated rings. The van der Waals surface area contributed by atoms with E-state index < -0.39 is 11.9 Å². The maximum absolute atomic E-state index is 12.4. The number of hydrogen-bond acceptors (Lipinski definition) is 5. The summed E-state index contributed by atoms with van der Waals surface area (Å²) < 4.78 is 10.4. The number of ether oxygens (including phenoxy) is 2. The molecule has 2 rings (SSSR count). The van der Waals surface area contributed by atoms with Crippen LogP contribution in [-0.2, 0) is 14.3 Å². The van der Waals surface area contributed by atoms with Gasteiger partial charge in [0, 0.05) is 11.7 Å². The van der Waals surface area contributed by atoms with Crippen molar-refractivity contribution >= 4 is 17.8 Å². The Morgan fingerprint density at radius 2 is 1.81 bits per heavy atom. The summed E-state index contributed by atoms with van der Waals surface area (Å²) in [5.41, 5.74) is 1.49. The fraction of sp³-hybridized carbons (Fsp3) is 0.650. The molecule has 1 aliphatic rings. The predicted molar refractivity (Wildman–Crippen MR) is 101 cm³/mol. The number of H-pyrrole nitrogens is 1. The number of aromatic nitrogens is 1. The van der Waals surface area contributed by atoms with Crippen molar-refractivity contribution in [2.75, 3.05) is 6.61 Å². The van der Waals surface area contributed by atoms with Gasteiger partial charge in [-0.15, -0.1) is 0 Å². The largest absolute Gasteiger partial charge is 0.459 e. The molecule has 7 heteroatoms. The molecule has 0 aromatic carbocycles. The van der Waals surface area contributed by atoms with Gasteiger partial charge in [-0.2, -0.15) is 0 Å². The molecule has 0 saturated heterocycles. The van der Waals surface area contributed by atoms with Crippen LogP contribution in [0.3, 0.4) is 0 Å². The summed E-state index contributed by atoms with van der Waals surface area (Å²) in [4.78, 5) is 39.5. The van der Waals surface area contributed by atoms with E-state index in [0.29, 0.717) is 22.7 Å². The van der Waals surface area contributed by atoms with Gasteiger partial charge in [-0.1, -0.05) is 19.8 Å². The average molecular weight is 378 g/mol. The summed E-state index contributed by atoms with van der Waals surface area (Å²) in [5.74, 6) is -1.02. The van der Waals surface area contributed by atoms with E-state index in [1.807, 2.05) is 0 Å². The number of nitrogens with one attached hydrogen (secondary N) is 2. The number of carbonyl (C=O) groups is 3. The lowest BCUT2D eigenvalue weighted by Gasteiger charge is -2.29. The fourth-order valence-corrected chi connectivity index (χ4v) is 3.52. The van der Waals surface area contributed by atoms with Crippen LogP contribution in [0, 0.1) is 19.8 Å². The highest BCUT2D eigenvalue weighted by Gasteiger charge is 2.26. The van der Waals surface area contributed by atoms with Gasteiger partial charge < -0.3 is 19.8 Å². The third-order valence-corrected chi connectivity index (χ3v) is 4.98. The fourth-order valence-electron chi connectivity index (χ4n) is 3.52. The Morgan fingerprint density at radius 1 is 1.15 bits per heavy atom. The molecular formula is C20H30N2O5. The van der Waals surface area contributed by atoms with Gasteiger partial charge in [-0.3, -0.25) is 4.79 Å². The van der Waals surface area contributed by atoms with E-state index in [9.17, 15) is 14.4 Å². The summed E-state index contributed by atoms with van der Waals surface area (Å²) in [6, 6.07) is 0.136. The first-order valence-electron chi connectivity index (χ1n) is 9.57. The zero-order chi connectivity index (χ0) is 20.1. The Balaban J connectivity index is 1.96. The molecule has 0 bridgehead atoms. The molecule has 27 heavy (non-hydrogen) atoms. The molecular weight excluding hydrogens is 348 g/mol. The molecule has 0 aliphatic heterocycles. The van der Waals surface area contributed by atoms with Crippen LogP contribution < -0.4 is 5.32 Å². The van der Waals surface area contributed by atoms with Crippen LogP contribution in [0.2, 0.25) is 0 Å². The van der Waals surface area contributed by atoms with Crippen LogP contribution in [-0.4, -0.2) is 41.6 Å². The number of rotatable bonds is 6. The molecule has 2 atom stereocenters. The molecule has 1 aromatic heterocycles. The van der Waals surface area contributed by atoms with Gasteiger partial charge in [0.05, 0.1) is 11.7 Å². The second-order valence-corrected chi connectivity index (χ2v) is 7.59. The number of hydrogen-bond donors (Lipinski definition) is 2. The Labute approximate surface area is 160 Å². The van der Waals surface area contributed by atoms with Gasteiger partial charge in [0.2, 0.25) is 0 Å². The lowest BCUT2D eigenvalue weighted by Crippen LogP contribution is -2.42. The van der Waals surface area contributed by atoms with Gasteiger partial charge in [0.15, 0.2) is 6.61 Å². The minimum absolute atomic E-state index is 0.136. The molecule has 1 heterocycles. The highest BCUT2D eigenvalue weighted by molar-refractivity contribution is 5.99. The van der Waals surface area contributed by atoms with Gasteiger partial charge >= 0.3 is 11.9 Å². The minimum Gasteiger partial charge on any atom is -0.459 e. The summed E-state index contributed by atoms with van der Waals surface area (Å²) in [7, 11) is 0. The summed E-state index contributed by atoms with van der Waals surface area (Å²) in [5, 5.41) is 2.95. The van der Waals surface area contributed by atoms with Crippen molar-refractivity contribution in [2.24, 2.45) is 5.92 Å². The smallest absolute Gasteiger partial charge is 0.355 e. The predicted octanol–water partition coefficient (Wildman–Crippen LogP) is 3.05. The second-order valence-electron chi connectivity index (χ2n) is 7.59. The average Bonchev–Trinajstić information content (AvgIpc) is 2.89. The third kappa shape index (κ3) is 5.34. The molecule has 2 N–H and O–H groups in total. The van der Waals surface area contributed by atoms with Gasteiger partial charge in [-0.25, -0.2) is 9.59 Å². The van der Waals surface area contributed by atoms with Crippen molar-refractivity contribution in [3.8, 4) is 0 Å². The van der Waals surface area contributed by atoms with Crippen LogP contribution in [0.25, 0.3) is 0 Å². The standard InChI is InChI=1S/C20H30N2O5/c1-11(2)27-19(24)17-13(4)18(21-14(17)5)20(25)26-10-16(23)22-15-9-7-6-8-12(15)3/h11-12,15,21H,6-10H2,1-5H3,(H,22,23)/t12-,15+/m0/s1. The molecule has 1 saturated carbocycles. The number of esters is 2. The normalized spacial score (nSPS) is 19.6. The molecule has 1 aliphatic carbocycles. The van der Waals surface area contributed by atoms with E-state index in [-0.39, 0.29) is 30.4 Å². The van der Waals surface area contributed by atoms with Crippen molar-refractivity contribution in [3.63, 3.8) is 0 Å². The Hall–Kier alpha value is -2.31. The van der Waals surface area contributed by atoms with E-state index in [1.54, 1.807) is 27.7 Å². The van der Waals surface area contributed by atoms with Crippen molar-refractivity contribution in [1.29, 1.82) is 0 Å². The molecule has 150 valence electrons. The molecule has 7 nitrogen and oxygen atoms in total. The zero-order valence-electron chi connectivity index (χ0n) is 16.8. The first-order chi connectivity index (χ1) is 12.7. The van der Waals surface area contributed by atoms with E-state index in [4.69, 9.17) is 9.47 Å². The summed E-state index contributed by atoms with van der Waals surface area (Å²) in [6.45, 7) is 8.65. The lowest BCUT2D eigenvalue weighted by molar-refractivity contribution is -0.125. The summed E-state index contributed by atoms with van der Waals surface area (Å²) in [6.07, 6.45) is 4.09. The molecule has 0 radical (unpaired) electrons. The Kier molecular flexibility index (Phi) is 7.05.